The van der Waals surface area contributed by atoms with Gasteiger partial charge in [0.1, 0.15) is 5.75 Å². The molecule has 0 aliphatic heterocycles. The molecule has 1 atom stereocenters. The normalized spacial score (nSPS) is 12.2. The fraction of sp³-hybridized carbons (Fsp3) is 0.222. The number of hydrogen-bond donors (Lipinski definition) is 2. The van der Waals surface area contributed by atoms with Crippen LogP contribution in [0.15, 0.2) is 48.5 Å². The maximum atomic E-state index is 12.5. The number of benzene rings is 2. The molecule has 0 aliphatic carbocycles. The van der Waals surface area contributed by atoms with Crippen LogP contribution in [-0.2, 0) is 15.8 Å². The van der Waals surface area contributed by atoms with E-state index in [4.69, 9.17) is 4.74 Å². The van der Waals surface area contributed by atoms with Crippen LogP contribution in [0.5, 0.6) is 5.75 Å². The van der Waals surface area contributed by atoms with E-state index in [1.54, 1.807) is 24.3 Å². The molecule has 138 valence electrons. The lowest BCUT2D eigenvalue weighted by molar-refractivity contribution is -0.137. The highest BCUT2D eigenvalue weighted by Gasteiger charge is 2.30. The molecule has 8 heteroatoms. The van der Waals surface area contributed by atoms with Crippen molar-refractivity contribution in [1.82, 2.24) is 0 Å². The Morgan fingerprint density at radius 2 is 1.42 bits per heavy atom. The van der Waals surface area contributed by atoms with Gasteiger partial charge in [0, 0.05) is 18.3 Å². The minimum atomic E-state index is -4.43. The number of hydrogen-bond acceptors (Lipinski definition) is 3. The summed E-state index contributed by atoms with van der Waals surface area (Å²) in [5, 5.41) is 5.22. The molecule has 2 rings (SSSR count). The van der Waals surface area contributed by atoms with Crippen molar-refractivity contribution in [2.24, 2.45) is 0 Å². The van der Waals surface area contributed by atoms with Crippen LogP contribution in [0.2, 0.25) is 0 Å². The lowest BCUT2D eigenvalue weighted by Gasteiger charge is -2.15. The van der Waals surface area contributed by atoms with E-state index >= 15 is 0 Å². The zero-order valence-electron chi connectivity index (χ0n) is 14.1. The molecule has 0 fully saturated rings. The first-order valence-electron chi connectivity index (χ1n) is 7.67. The summed E-state index contributed by atoms with van der Waals surface area (Å²) in [4.78, 5) is 23.1. The highest BCUT2D eigenvalue weighted by Crippen LogP contribution is 2.30. The fourth-order valence-electron chi connectivity index (χ4n) is 2.06. The monoisotopic (exact) mass is 366 g/mol. The first-order valence-corrected chi connectivity index (χ1v) is 7.67. The van der Waals surface area contributed by atoms with Crippen molar-refractivity contribution < 1.29 is 27.5 Å². The molecule has 0 aliphatic rings. The van der Waals surface area contributed by atoms with Crippen molar-refractivity contribution in [3.63, 3.8) is 0 Å². The van der Waals surface area contributed by atoms with Crippen LogP contribution < -0.4 is 15.4 Å². The quantitative estimate of drug-likeness (QED) is 0.838. The predicted molar refractivity (Wildman–Crippen MR) is 90.9 cm³/mol. The number of carbonyl (C=O) groups is 2. The fourth-order valence-corrected chi connectivity index (χ4v) is 2.06. The molecule has 2 aromatic carbocycles. The van der Waals surface area contributed by atoms with Crippen LogP contribution in [-0.4, -0.2) is 17.9 Å². The lowest BCUT2D eigenvalue weighted by Crippen LogP contribution is -2.30. The third-order valence-electron chi connectivity index (χ3n) is 3.34. The van der Waals surface area contributed by atoms with Gasteiger partial charge in [0.25, 0.3) is 5.91 Å². The first-order chi connectivity index (χ1) is 12.1. The van der Waals surface area contributed by atoms with E-state index in [-0.39, 0.29) is 11.7 Å². The Labute approximate surface area is 148 Å². The van der Waals surface area contributed by atoms with Crippen molar-refractivity contribution in [2.75, 3.05) is 10.6 Å². The van der Waals surface area contributed by atoms with Gasteiger partial charge in [-0.15, -0.1) is 0 Å². The molecule has 2 N–H and O–H groups in total. The SMILES string of the molecule is CC(=O)Nc1ccc(NC(=O)[C@@H](C)Oc2ccc(C(F)(F)F)cc2)cc1. The van der Waals surface area contributed by atoms with Gasteiger partial charge in [-0.1, -0.05) is 0 Å². The van der Waals surface area contributed by atoms with Gasteiger partial charge in [-0.2, -0.15) is 13.2 Å². The van der Waals surface area contributed by atoms with Gasteiger partial charge in [-0.3, -0.25) is 9.59 Å². The number of alkyl halides is 3. The molecular weight excluding hydrogens is 349 g/mol. The maximum Gasteiger partial charge on any atom is 0.416 e. The smallest absolute Gasteiger partial charge is 0.416 e. The first kappa shape index (κ1) is 19.3. The zero-order chi connectivity index (χ0) is 19.3. The van der Waals surface area contributed by atoms with Gasteiger partial charge in [-0.05, 0) is 55.5 Å². The Balaban J connectivity index is 1.94. The van der Waals surface area contributed by atoms with E-state index in [1.807, 2.05) is 0 Å². The van der Waals surface area contributed by atoms with E-state index in [0.717, 1.165) is 24.3 Å². The Bertz CT molecular complexity index is 772. The summed E-state index contributed by atoms with van der Waals surface area (Å²) in [7, 11) is 0. The summed E-state index contributed by atoms with van der Waals surface area (Å²) in [5.74, 6) is -0.515. The number of ether oxygens (including phenoxy) is 1. The molecule has 0 saturated heterocycles. The summed E-state index contributed by atoms with van der Waals surface area (Å²) in [6, 6.07) is 10.6. The molecular formula is C18H17F3N2O3. The third kappa shape index (κ3) is 5.51. The van der Waals surface area contributed by atoms with Gasteiger partial charge < -0.3 is 15.4 Å². The molecule has 26 heavy (non-hydrogen) atoms. The zero-order valence-corrected chi connectivity index (χ0v) is 14.1. The van der Waals surface area contributed by atoms with Crippen molar-refractivity contribution in [2.45, 2.75) is 26.1 Å². The van der Waals surface area contributed by atoms with Gasteiger partial charge in [0.15, 0.2) is 6.10 Å². The van der Waals surface area contributed by atoms with E-state index in [9.17, 15) is 22.8 Å². The van der Waals surface area contributed by atoms with E-state index < -0.39 is 23.8 Å². The molecule has 5 nitrogen and oxygen atoms in total. The average molecular weight is 366 g/mol. The Morgan fingerprint density at radius 3 is 1.88 bits per heavy atom. The van der Waals surface area contributed by atoms with Crippen molar-refractivity contribution in [3.8, 4) is 5.75 Å². The average Bonchev–Trinajstić information content (AvgIpc) is 2.55. The van der Waals surface area contributed by atoms with E-state index in [1.165, 1.54) is 13.8 Å². The van der Waals surface area contributed by atoms with E-state index in [0.29, 0.717) is 11.4 Å². The number of amides is 2. The molecule has 0 unspecified atom stereocenters. The maximum absolute atomic E-state index is 12.5. The van der Waals surface area contributed by atoms with Gasteiger partial charge in [-0.25, -0.2) is 0 Å². The van der Waals surface area contributed by atoms with Crippen molar-refractivity contribution in [3.05, 3.63) is 54.1 Å². The van der Waals surface area contributed by atoms with Crippen LogP contribution in [0.4, 0.5) is 24.5 Å². The lowest BCUT2D eigenvalue weighted by atomic mass is 10.2. The van der Waals surface area contributed by atoms with E-state index in [2.05, 4.69) is 10.6 Å². The molecule has 2 amide bonds. The third-order valence-corrected chi connectivity index (χ3v) is 3.34. The molecule has 0 spiro atoms. The summed E-state index contributed by atoms with van der Waals surface area (Å²) in [6.45, 7) is 2.87. The Morgan fingerprint density at radius 1 is 0.923 bits per heavy atom. The van der Waals surface area contributed by atoms with Crippen LogP contribution >= 0.6 is 0 Å². The largest absolute Gasteiger partial charge is 0.481 e. The molecule has 0 bridgehead atoms. The van der Waals surface area contributed by atoms with Gasteiger partial charge in [0.2, 0.25) is 5.91 Å². The summed E-state index contributed by atoms with van der Waals surface area (Å²) < 4.78 is 42.9. The highest BCUT2D eigenvalue weighted by atomic mass is 19.4. The second-order valence-corrected chi connectivity index (χ2v) is 5.53. The minimum Gasteiger partial charge on any atom is -0.481 e. The number of nitrogens with one attached hydrogen (secondary N) is 2. The Hall–Kier alpha value is -3.03. The van der Waals surface area contributed by atoms with Gasteiger partial charge >= 0.3 is 6.18 Å². The summed E-state index contributed by atoms with van der Waals surface area (Å²) >= 11 is 0. The number of anilines is 2. The van der Waals surface area contributed by atoms with Crippen molar-refractivity contribution in [1.29, 1.82) is 0 Å². The second kappa shape index (κ2) is 7.90. The molecule has 0 radical (unpaired) electrons. The molecule has 0 aromatic heterocycles. The minimum absolute atomic E-state index is 0.154. The van der Waals surface area contributed by atoms with Crippen LogP contribution in [0.3, 0.4) is 0 Å². The van der Waals surface area contributed by atoms with Gasteiger partial charge in [0.05, 0.1) is 5.56 Å². The molecule has 2 aromatic rings. The topological polar surface area (TPSA) is 67.4 Å². The molecule has 0 saturated carbocycles. The number of carbonyl (C=O) groups excluding carboxylic acids is 2. The Kier molecular flexibility index (Phi) is 5.86. The molecule has 0 heterocycles. The highest BCUT2D eigenvalue weighted by molar-refractivity contribution is 5.94. The standard InChI is InChI=1S/C18H17F3N2O3/c1-11(26-16-9-3-13(4-10-16)18(19,20)21)17(25)23-15-7-5-14(6-8-15)22-12(2)24/h3-11H,1-2H3,(H,22,24)(H,23,25)/t11-/m1/s1. The van der Waals surface area contributed by atoms with Crippen LogP contribution in [0, 0.1) is 0 Å². The predicted octanol–water partition coefficient (Wildman–Crippen LogP) is 4.07. The van der Waals surface area contributed by atoms with Crippen molar-refractivity contribution >= 4 is 23.2 Å². The number of halogens is 3. The van der Waals surface area contributed by atoms with Crippen LogP contribution in [0.1, 0.15) is 19.4 Å². The summed E-state index contributed by atoms with van der Waals surface area (Å²) in [6.07, 6.45) is -5.34. The number of rotatable bonds is 5. The van der Waals surface area contributed by atoms with Crippen LogP contribution in [0.25, 0.3) is 0 Å². The second-order valence-electron chi connectivity index (χ2n) is 5.53. The summed E-state index contributed by atoms with van der Waals surface area (Å²) in [5.41, 5.74) is 0.290.